The minimum absolute atomic E-state index is 0.0889. The molecule has 0 saturated carbocycles. The Labute approximate surface area is 117 Å². The van der Waals surface area contributed by atoms with E-state index in [1.165, 1.54) is 0 Å². The average molecular weight is 264 g/mol. The molecular formula is C16H28N2O. The van der Waals surface area contributed by atoms with Gasteiger partial charge < -0.3 is 10.8 Å². The summed E-state index contributed by atoms with van der Waals surface area (Å²) in [5.74, 6) is 1.51. The lowest BCUT2D eigenvalue weighted by molar-refractivity contribution is 0.158. The highest BCUT2D eigenvalue weighted by Crippen LogP contribution is 2.28. The van der Waals surface area contributed by atoms with Gasteiger partial charge in [-0.15, -0.1) is 0 Å². The number of benzene rings is 1. The van der Waals surface area contributed by atoms with Gasteiger partial charge in [0.05, 0.1) is 6.04 Å². The van der Waals surface area contributed by atoms with E-state index in [1.54, 1.807) is 6.07 Å². The summed E-state index contributed by atoms with van der Waals surface area (Å²) in [5, 5.41) is 10.0. The number of hydrogen-bond donors (Lipinski definition) is 2. The Bertz CT molecular complexity index is 367. The Kier molecular flexibility index (Phi) is 6.32. The predicted molar refractivity (Wildman–Crippen MR) is 81.2 cm³/mol. The summed E-state index contributed by atoms with van der Waals surface area (Å²) < 4.78 is 0. The SMILES string of the molecule is CC(C)CN(CC(C)C)C(CN)c1ccccc1O. The molecule has 1 aromatic rings. The average Bonchev–Trinajstić information content (AvgIpc) is 2.30. The Hall–Kier alpha value is -1.06. The van der Waals surface area contributed by atoms with Gasteiger partial charge >= 0.3 is 0 Å². The summed E-state index contributed by atoms with van der Waals surface area (Å²) in [7, 11) is 0. The highest BCUT2D eigenvalue weighted by atomic mass is 16.3. The standard InChI is InChI=1S/C16H28N2O/c1-12(2)10-18(11-13(3)4)15(9-17)14-7-5-6-8-16(14)19/h5-8,12-13,15,19H,9-11,17H2,1-4H3. The monoisotopic (exact) mass is 264 g/mol. The molecule has 3 N–H and O–H groups in total. The molecule has 3 heteroatoms. The third kappa shape index (κ3) is 4.84. The Morgan fingerprint density at radius 3 is 2.00 bits per heavy atom. The highest BCUT2D eigenvalue weighted by Gasteiger charge is 2.22. The van der Waals surface area contributed by atoms with Crippen LogP contribution in [0.3, 0.4) is 0 Å². The number of aromatic hydroxyl groups is 1. The summed E-state index contributed by atoms with van der Waals surface area (Å²) in [6.45, 7) is 11.4. The van der Waals surface area contributed by atoms with Crippen molar-refractivity contribution < 1.29 is 5.11 Å². The number of para-hydroxylation sites is 1. The molecule has 0 radical (unpaired) electrons. The van der Waals surface area contributed by atoms with E-state index in [4.69, 9.17) is 5.73 Å². The first-order valence-electron chi connectivity index (χ1n) is 7.17. The van der Waals surface area contributed by atoms with Gasteiger partial charge in [0.2, 0.25) is 0 Å². The molecule has 0 heterocycles. The van der Waals surface area contributed by atoms with E-state index in [1.807, 2.05) is 18.2 Å². The minimum Gasteiger partial charge on any atom is -0.508 e. The van der Waals surface area contributed by atoms with E-state index in [2.05, 4.69) is 32.6 Å². The summed E-state index contributed by atoms with van der Waals surface area (Å²) in [5.41, 5.74) is 6.91. The largest absolute Gasteiger partial charge is 0.508 e. The van der Waals surface area contributed by atoms with Crippen molar-refractivity contribution >= 4 is 0 Å². The van der Waals surface area contributed by atoms with Gasteiger partial charge in [-0.25, -0.2) is 0 Å². The molecule has 0 fully saturated rings. The van der Waals surface area contributed by atoms with Crippen molar-refractivity contribution in [2.45, 2.75) is 33.7 Å². The molecule has 0 aromatic heterocycles. The van der Waals surface area contributed by atoms with E-state index >= 15 is 0 Å². The maximum atomic E-state index is 10.0. The zero-order valence-corrected chi connectivity index (χ0v) is 12.6. The Balaban J connectivity index is 2.98. The van der Waals surface area contributed by atoms with Crippen molar-refractivity contribution in [3.05, 3.63) is 29.8 Å². The number of phenolic OH excluding ortho intramolecular Hbond substituents is 1. The predicted octanol–water partition coefficient (Wildman–Crippen LogP) is 3.01. The van der Waals surface area contributed by atoms with Gasteiger partial charge in [0.25, 0.3) is 0 Å². The van der Waals surface area contributed by atoms with Crippen LogP contribution in [-0.2, 0) is 0 Å². The van der Waals surface area contributed by atoms with Gasteiger partial charge in [0, 0.05) is 25.2 Å². The topological polar surface area (TPSA) is 49.5 Å². The highest BCUT2D eigenvalue weighted by molar-refractivity contribution is 5.34. The molecule has 0 aliphatic rings. The van der Waals surface area contributed by atoms with Crippen LogP contribution in [0.25, 0.3) is 0 Å². The maximum Gasteiger partial charge on any atom is 0.120 e. The van der Waals surface area contributed by atoms with Crippen LogP contribution in [0.4, 0.5) is 0 Å². The van der Waals surface area contributed by atoms with Crippen LogP contribution < -0.4 is 5.73 Å². The molecule has 0 amide bonds. The number of rotatable bonds is 7. The molecule has 0 aliphatic heterocycles. The summed E-state index contributed by atoms with van der Waals surface area (Å²) in [6.07, 6.45) is 0. The van der Waals surface area contributed by atoms with Crippen LogP contribution >= 0.6 is 0 Å². The third-order valence-corrected chi connectivity index (χ3v) is 3.16. The normalized spacial score (nSPS) is 13.5. The third-order valence-electron chi connectivity index (χ3n) is 3.16. The Morgan fingerprint density at radius 1 is 1.05 bits per heavy atom. The van der Waals surface area contributed by atoms with Crippen LogP contribution in [0.15, 0.2) is 24.3 Å². The van der Waals surface area contributed by atoms with Crippen LogP contribution in [-0.4, -0.2) is 29.6 Å². The first-order valence-corrected chi connectivity index (χ1v) is 7.17. The molecule has 19 heavy (non-hydrogen) atoms. The molecule has 1 rings (SSSR count). The van der Waals surface area contributed by atoms with Crippen molar-refractivity contribution in [1.29, 1.82) is 0 Å². The maximum absolute atomic E-state index is 10.0. The van der Waals surface area contributed by atoms with Crippen LogP contribution in [0.1, 0.15) is 39.3 Å². The molecule has 1 atom stereocenters. The number of hydrogen-bond acceptors (Lipinski definition) is 3. The fraction of sp³-hybridized carbons (Fsp3) is 0.625. The van der Waals surface area contributed by atoms with Crippen LogP contribution in [0.2, 0.25) is 0 Å². The second-order valence-corrected chi connectivity index (χ2v) is 6.05. The van der Waals surface area contributed by atoms with Gasteiger partial charge in [-0.1, -0.05) is 45.9 Å². The fourth-order valence-corrected chi connectivity index (χ4v) is 2.51. The molecule has 0 spiro atoms. The summed E-state index contributed by atoms with van der Waals surface area (Å²) in [6, 6.07) is 7.61. The number of nitrogens with zero attached hydrogens (tertiary/aromatic N) is 1. The van der Waals surface area contributed by atoms with E-state index < -0.39 is 0 Å². The van der Waals surface area contributed by atoms with E-state index in [-0.39, 0.29) is 6.04 Å². The van der Waals surface area contributed by atoms with Gasteiger partial charge in [-0.3, -0.25) is 4.90 Å². The van der Waals surface area contributed by atoms with Gasteiger partial charge in [-0.05, 0) is 17.9 Å². The molecule has 0 aliphatic carbocycles. The second-order valence-electron chi connectivity index (χ2n) is 6.05. The minimum atomic E-state index is 0.0889. The quantitative estimate of drug-likeness (QED) is 0.796. The van der Waals surface area contributed by atoms with E-state index in [9.17, 15) is 5.11 Å². The lowest BCUT2D eigenvalue weighted by Crippen LogP contribution is -2.38. The van der Waals surface area contributed by atoms with Crippen LogP contribution in [0, 0.1) is 11.8 Å². The van der Waals surface area contributed by atoms with Gasteiger partial charge in [0.1, 0.15) is 5.75 Å². The van der Waals surface area contributed by atoms with Crippen molar-refractivity contribution in [2.75, 3.05) is 19.6 Å². The molecular weight excluding hydrogens is 236 g/mol. The molecule has 1 unspecified atom stereocenters. The number of nitrogens with two attached hydrogens (primary N) is 1. The molecule has 0 bridgehead atoms. The smallest absolute Gasteiger partial charge is 0.120 e. The van der Waals surface area contributed by atoms with Crippen molar-refractivity contribution in [2.24, 2.45) is 17.6 Å². The van der Waals surface area contributed by atoms with Crippen molar-refractivity contribution in [3.63, 3.8) is 0 Å². The molecule has 108 valence electrons. The zero-order valence-electron chi connectivity index (χ0n) is 12.6. The first kappa shape index (κ1) is 16.0. The van der Waals surface area contributed by atoms with E-state index in [0.29, 0.717) is 24.1 Å². The summed E-state index contributed by atoms with van der Waals surface area (Å²) >= 11 is 0. The van der Waals surface area contributed by atoms with Crippen molar-refractivity contribution in [3.8, 4) is 5.75 Å². The lowest BCUT2D eigenvalue weighted by atomic mass is 10.0. The zero-order chi connectivity index (χ0) is 14.4. The first-order chi connectivity index (χ1) is 8.95. The van der Waals surface area contributed by atoms with Crippen molar-refractivity contribution in [1.82, 2.24) is 4.90 Å². The molecule has 1 aromatic carbocycles. The van der Waals surface area contributed by atoms with Gasteiger partial charge in [0.15, 0.2) is 0 Å². The molecule has 0 saturated heterocycles. The number of phenols is 1. The lowest BCUT2D eigenvalue weighted by Gasteiger charge is -2.34. The van der Waals surface area contributed by atoms with Gasteiger partial charge in [-0.2, -0.15) is 0 Å². The Morgan fingerprint density at radius 2 is 1.58 bits per heavy atom. The van der Waals surface area contributed by atoms with E-state index in [0.717, 1.165) is 18.7 Å². The fourth-order valence-electron chi connectivity index (χ4n) is 2.51. The second kappa shape index (κ2) is 7.51. The molecule has 3 nitrogen and oxygen atoms in total. The van der Waals surface area contributed by atoms with Crippen LogP contribution in [0.5, 0.6) is 5.75 Å². The summed E-state index contributed by atoms with van der Waals surface area (Å²) in [4.78, 5) is 2.39.